The summed E-state index contributed by atoms with van der Waals surface area (Å²) in [6, 6.07) is 59.3. The number of hydrogen-bond donors (Lipinski definition) is 0. The monoisotopic (exact) mass is 873 g/mol. The summed E-state index contributed by atoms with van der Waals surface area (Å²) in [6.45, 7) is 0. The van der Waals surface area contributed by atoms with E-state index in [9.17, 15) is 26.3 Å². The second kappa shape index (κ2) is 16.3. The number of aromatic nitrogens is 2. The van der Waals surface area contributed by atoms with Crippen molar-refractivity contribution in [3.63, 3.8) is 0 Å². The lowest BCUT2D eigenvalue weighted by Crippen LogP contribution is -2.10. The first-order chi connectivity index (χ1) is 32.2. The summed E-state index contributed by atoms with van der Waals surface area (Å²) in [6.07, 6.45) is 3.68. The molecule has 11 aromatic rings. The summed E-state index contributed by atoms with van der Waals surface area (Å²) >= 11 is 0. The Hall–Kier alpha value is -8.43. The van der Waals surface area contributed by atoms with Gasteiger partial charge in [0.05, 0.1) is 16.6 Å². The first-order valence-corrected chi connectivity index (χ1v) is 21.1. The van der Waals surface area contributed by atoms with Gasteiger partial charge in [-0.1, -0.05) is 97.1 Å². The number of pyridine rings is 1. The Bertz CT molecular complexity index is 3590. The van der Waals surface area contributed by atoms with Crippen LogP contribution in [0.1, 0.15) is 0 Å². The number of nitrogens with zero attached hydrogens (tertiary/aromatic N) is 3. The fourth-order valence-corrected chi connectivity index (χ4v) is 8.83. The molecule has 0 saturated heterocycles. The standard InChI is InChI=1S/C57H33F6N3/c58-43-18-7-34(8-19-43)35-9-20-44(21-10-35)65(46-26-15-39(16-27-46)52-53(59)55(61)57(63)56(62)54(52)60)45-22-11-37(12-23-45)41-17-28-51-49(32-41)48-3-1-2-4-50(48)66(51)47-24-13-36(14-25-47)40-6-5-38-29-30-64-33-42(38)31-40/h1-33H. The lowest BCUT2D eigenvalue weighted by molar-refractivity contribution is 0.381. The Balaban J connectivity index is 0.945. The van der Waals surface area contributed by atoms with E-state index in [2.05, 4.69) is 82.3 Å². The summed E-state index contributed by atoms with van der Waals surface area (Å²) in [4.78, 5) is 6.21. The minimum absolute atomic E-state index is 0.179. The van der Waals surface area contributed by atoms with Crippen LogP contribution < -0.4 is 4.90 Å². The molecule has 0 atom stereocenters. The number of benzene rings is 9. The molecule has 0 spiro atoms. The molecule has 0 aliphatic rings. The number of fused-ring (bicyclic) bond motifs is 4. The van der Waals surface area contributed by atoms with Crippen LogP contribution in [0.3, 0.4) is 0 Å². The van der Waals surface area contributed by atoms with Gasteiger partial charge >= 0.3 is 0 Å². The van der Waals surface area contributed by atoms with Crippen LogP contribution in [0.25, 0.3) is 82.8 Å². The van der Waals surface area contributed by atoms with Gasteiger partial charge in [0.2, 0.25) is 5.82 Å². The third-order valence-corrected chi connectivity index (χ3v) is 12.2. The maximum absolute atomic E-state index is 14.8. The molecule has 0 radical (unpaired) electrons. The zero-order chi connectivity index (χ0) is 45.1. The van der Waals surface area contributed by atoms with Crippen molar-refractivity contribution in [3.8, 4) is 50.2 Å². The molecule has 0 aliphatic heterocycles. The summed E-state index contributed by atoms with van der Waals surface area (Å²) < 4.78 is 87.9. The molecule has 0 N–H and O–H groups in total. The van der Waals surface area contributed by atoms with Gasteiger partial charge in [0.1, 0.15) is 5.82 Å². The number of hydrogen-bond acceptors (Lipinski definition) is 2. The maximum Gasteiger partial charge on any atom is 0.200 e. The van der Waals surface area contributed by atoms with E-state index in [1.165, 1.54) is 24.3 Å². The van der Waals surface area contributed by atoms with Crippen molar-refractivity contribution in [3.05, 3.63) is 235 Å². The molecular formula is C57H33F6N3. The van der Waals surface area contributed by atoms with Gasteiger partial charge < -0.3 is 9.47 Å². The van der Waals surface area contributed by atoms with E-state index >= 15 is 0 Å². The smallest absolute Gasteiger partial charge is 0.200 e. The molecule has 0 amide bonds. The summed E-state index contributed by atoms with van der Waals surface area (Å²) in [7, 11) is 0. The van der Waals surface area contributed by atoms with Gasteiger partial charge in [-0.2, -0.15) is 0 Å². The van der Waals surface area contributed by atoms with Crippen LogP contribution in [0.4, 0.5) is 43.4 Å². The first kappa shape index (κ1) is 40.4. The van der Waals surface area contributed by atoms with Crippen molar-refractivity contribution >= 4 is 49.6 Å². The fourth-order valence-electron chi connectivity index (χ4n) is 8.83. The Labute approximate surface area is 374 Å². The first-order valence-electron chi connectivity index (χ1n) is 21.1. The molecule has 2 heterocycles. The molecule has 0 saturated carbocycles. The van der Waals surface area contributed by atoms with Crippen molar-refractivity contribution in [1.82, 2.24) is 9.55 Å². The predicted molar refractivity (Wildman–Crippen MR) is 252 cm³/mol. The number of halogens is 6. The van der Waals surface area contributed by atoms with Crippen LogP contribution in [0.15, 0.2) is 200 Å². The number of para-hydroxylation sites is 1. The molecule has 9 heteroatoms. The number of anilines is 3. The highest BCUT2D eigenvalue weighted by Crippen LogP contribution is 2.41. The van der Waals surface area contributed by atoms with Gasteiger partial charge in [0.15, 0.2) is 23.3 Å². The highest BCUT2D eigenvalue weighted by Gasteiger charge is 2.27. The zero-order valence-corrected chi connectivity index (χ0v) is 34.7. The molecule has 9 aromatic carbocycles. The van der Waals surface area contributed by atoms with Crippen molar-refractivity contribution in [2.75, 3.05) is 4.90 Å². The summed E-state index contributed by atoms with van der Waals surface area (Å²) in [5.74, 6) is -10.4. The largest absolute Gasteiger partial charge is 0.311 e. The van der Waals surface area contributed by atoms with Crippen molar-refractivity contribution in [2.24, 2.45) is 0 Å². The van der Waals surface area contributed by atoms with Crippen LogP contribution in [0.2, 0.25) is 0 Å². The van der Waals surface area contributed by atoms with E-state index in [0.29, 0.717) is 5.69 Å². The van der Waals surface area contributed by atoms with Crippen LogP contribution in [0.5, 0.6) is 0 Å². The Morgan fingerprint density at radius 1 is 0.364 bits per heavy atom. The van der Waals surface area contributed by atoms with Crippen LogP contribution >= 0.6 is 0 Å². The van der Waals surface area contributed by atoms with Gasteiger partial charge in [-0.05, 0) is 135 Å². The highest BCUT2D eigenvalue weighted by atomic mass is 19.2. The second-order valence-corrected chi connectivity index (χ2v) is 16.0. The summed E-state index contributed by atoms with van der Waals surface area (Å²) in [5.41, 5.74) is 9.85. The molecule has 66 heavy (non-hydrogen) atoms. The molecular weight excluding hydrogens is 841 g/mol. The van der Waals surface area contributed by atoms with Gasteiger partial charge in [-0.15, -0.1) is 0 Å². The third-order valence-electron chi connectivity index (χ3n) is 12.2. The Morgan fingerprint density at radius 3 is 1.45 bits per heavy atom. The van der Waals surface area contributed by atoms with Crippen LogP contribution in [-0.2, 0) is 0 Å². The highest BCUT2D eigenvalue weighted by molar-refractivity contribution is 6.10. The minimum atomic E-state index is -2.21. The molecule has 3 nitrogen and oxygen atoms in total. The molecule has 318 valence electrons. The van der Waals surface area contributed by atoms with E-state index in [-0.39, 0.29) is 11.4 Å². The Kier molecular flexibility index (Phi) is 9.96. The van der Waals surface area contributed by atoms with Crippen LogP contribution in [-0.4, -0.2) is 9.55 Å². The Morgan fingerprint density at radius 2 is 0.833 bits per heavy atom. The molecule has 0 aliphatic carbocycles. The topological polar surface area (TPSA) is 21.1 Å². The normalized spacial score (nSPS) is 11.5. The lowest BCUT2D eigenvalue weighted by atomic mass is 10.0. The minimum Gasteiger partial charge on any atom is -0.311 e. The van der Waals surface area contributed by atoms with Crippen LogP contribution in [0, 0.1) is 34.9 Å². The maximum atomic E-state index is 14.8. The van der Waals surface area contributed by atoms with E-state index in [1.807, 2.05) is 77.8 Å². The number of rotatable bonds is 8. The average Bonchev–Trinajstić information content (AvgIpc) is 3.70. The van der Waals surface area contributed by atoms with E-state index in [0.717, 1.165) is 83.0 Å². The molecule has 0 fully saturated rings. The van der Waals surface area contributed by atoms with Gasteiger partial charge in [-0.3, -0.25) is 4.98 Å². The SMILES string of the molecule is Fc1ccc(-c2ccc(N(c3ccc(-c4ccc5c(c4)c4ccccc4n5-c4ccc(-c5ccc6ccncc6c5)cc4)cc3)c3ccc(-c4c(F)c(F)c(F)c(F)c4F)cc3)cc2)cc1. The zero-order valence-electron chi connectivity index (χ0n) is 34.7. The van der Waals surface area contributed by atoms with Gasteiger partial charge in [-0.25, -0.2) is 26.3 Å². The quantitative estimate of drug-likeness (QED) is 0.0862. The lowest BCUT2D eigenvalue weighted by Gasteiger charge is -2.26. The molecule has 2 aromatic heterocycles. The van der Waals surface area contributed by atoms with E-state index in [4.69, 9.17) is 0 Å². The van der Waals surface area contributed by atoms with Crippen molar-refractivity contribution in [2.45, 2.75) is 0 Å². The average molecular weight is 874 g/mol. The van der Waals surface area contributed by atoms with Gasteiger partial charge in [0.25, 0.3) is 0 Å². The molecule has 0 unspecified atom stereocenters. The van der Waals surface area contributed by atoms with E-state index in [1.54, 1.807) is 30.5 Å². The van der Waals surface area contributed by atoms with E-state index < -0.39 is 34.6 Å². The fraction of sp³-hybridized carbons (Fsp3) is 0. The van der Waals surface area contributed by atoms with Crippen molar-refractivity contribution < 1.29 is 26.3 Å². The third kappa shape index (κ3) is 7.02. The van der Waals surface area contributed by atoms with Gasteiger partial charge in [0, 0.05) is 51.3 Å². The van der Waals surface area contributed by atoms with Crippen molar-refractivity contribution in [1.29, 1.82) is 0 Å². The second-order valence-electron chi connectivity index (χ2n) is 16.0. The molecule has 0 bridgehead atoms. The predicted octanol–water partition coefficient (Wildman–Crippen LogP) is 16.3. The molecule has 11 rings (SSSR count). The summed E-state index contributed by atoms with van der Waals surface area (Å²) in [5, 5.41) is 4.44.